The number of hydrogen-bond donors (Lipinski definition) is 1. The zero-order valence-corrected chi connectivity index (χ0v) is 17.9. The summed E-state index contributed by atoms with van der Waals surface area (Å²) in [4.78, 5) is 25.6. The van der Waals surface area contributed by atoms with Crippen molar-refractivity contribution < 1.29 is 9.59 Å². The molecule has 6 heteroatoms. The Labute approximate surface area is 167 Å². The standard InChI is InChI=1S/C22H32N4O2/c1-7-25-13-16(12-24-25)11-23-20(28)8-17-15(4)26(14(2)3)18-9-22(5,6)10-19(27)21(17)18/h12-14H,7-11H2,1-6H3,(H,23,28). The molecule has 1 amide bonds. The van der Waals surface area contributed by atoms with Crippen molar-refractivity contribution in [2.75, 3.05) is 0 Å². The number of ketones is 1. The number of aromatic nitrogens is 3. The van der Waals surface area contributed by atoms with E-state index in [1.165, 1.54) is 0 Å². The van der Waals surface area contributed by atoms with E-state index in [4.69, 9.17) is 0 Å². The van der Waals surface area contributed by atoms with Crippen molar-refractivity contribution in [3.05, 3.63) is 40.5 Å². The van der Waals surface area contributed by atoms with E-state index in [1.54, 1.807) is 6.20 Å². The first-order valence-corrected chi connectivity index (χ1v) is 10.2. The maximum Gasteiger partial charge on any atom is 0.224 e. The minimum absolute atomic E-state index is 0.0412. The molecule has 0 fully saturated rings. The molecule has 0 aliphatic heterocycles. The van der Waals surface area contributed by atoms with Gasteiger partial charge in [-0.3, -0.25) is 14.3 Å². The third-order valence-electron chi connectivity index (χ3n) is 5.60. The van der Waals surface area contributed by atoms with Gasteiger partial charge in [0.15, 0.2) is 5.78 Å². The Morgan fingerprint density at radius 2 is 2.04 bits per heavy atom. The molecular formula is C22H32N4O2. The molecule has 0 unspecified atom stereocenters. The summed E-state index contributed by atoms with van der Waals surface area (Å²) in [7, 11) is 0. The second-order valence-electron chi connectivity index (χ2n) is 8.95. The Hall–Kier alpha value is -2.37. The lowest BCUT2D eigenvalue weighted by molar-refractivity contribution is -0.120. The lowest BCUT2D eigenvalue weighted by atomic mass is 9.75. The van der Waals surface area contributed by atoms with Crippen molar-refractivity contribution >= 4 is 11.7 Å². The summed E-state index contributed by atoms with van der Waals surface area (Å²) in [6.45, 7) is 13.9. The van der Waals surface area contributed by atoms with E-state index >= 15 is 0 Å². The van der Waals surface area contributed by atoms with E-state index in [1.807, 2.05) is 24.7 Å². The number of rotatable bonds is 6. The van der Waals surface area contributed by atoms with Crippen LogP contribution in [0.3, 0.4) is 0 Å². The number of carbonyl (C=O) groups excluding carboxylic acids is 2. The third kappa shape index (κ3) is 3.91. The Kier molecular flexibility index (Phi) is 5.50. The van der Waals surface area contributed by atoms with E-state index in [0.29, 0.717) is 13.0 Å². The van der Waals surface area contributed by atoms with Gasteiger partial charge in [0.05, 0.1) is 12.6 Å². The fraction of sp³-hybridized carbons (Fsp3) is 0.591. The fourth-order valence-corrected chi connectivity index (χ4v) is 4.37. The third-order valence-corrected chi connectivity index (χ3v) is 5.60. The fourth-order valence-electron chi connectivity index (χ4n) is 4.37. The minimum atomic E-state index is -0.0614. The highest BCUT2D eigenvalue weighted by atomic mass is 16.1. The Morgan fingerprint density at radius 3 is 2.64 bits per heavy atom. The maximum atomic E-state index is 13.0. The molecule has 0 bridgehead atoms. The van der Waals surface area contributed by atoms with E-state index in [-0.39, 0.29) is 29.6 Å². The summed E-state index contributed by atoms with van der Waals surface area (Å²) in [5.41, 5.74) is 4.76. The van der Waals surface area contributed by atoms with Crippen LogP contribution in [0, 0.1) is 12.3 Å². The lowest BCUT2D eigenvalue weighted by Crippen LogP contribution is -2.29. The second-order valence-corrected chi connectivity index (χ2v) is 8.95. The predicted molar refractivity (Wildman–Crippen MR) is 109 cm³/mol. The summed E-state index contributed by atoms with van der Waals surface area (Å²) in [5, 5.41) is 7.21. The predicted octanol–water partition coefficient (Wildman–Crippen LogP) is 3.61. The van der Waals surface area contributed by atoms with Crippen LogP contribution in [0.1, 0.15) is 80.0 Å². The van der Waals surface area contributed by atoms with Crippen LogP contribution in [-0.4, -0.2) is 26.0 Å². The molecule has 0 atom stereocenters. The van der Waals surface area contributed by atoms with Crippen molar-refractivity contribution in [1.29, 1.82) is 0 Å². The lowest BCUT2D eigenvalue weighted by Gasteiger charge is -2.31. The first kappa shape index (κ1) is 20.4. The van der Waals surface area contributed by atoms with Crippen LogP contribution >= 0.6 is 0 Å². The average molecular weight is 385 g/mol. The molecule has 28 heavy (non-hydrogen) atoms. The van der Waals surface area contributed by atoms with Crippen LogP contribution < -0.4 is 5.32 Å². The molecule has 3 rings (SSSR count). The zero-order valence-electron chi connectivity index (χ0n) is 17.9. The smallest absolute Gasteiger partial charge is 0.224 e. The molecule has 0 spiro atoms. The first-order valence-electron chi connectivity index (χ1n) is 10.2. The van der Waals surface area contributed by atoms with Crippen molar-refractivity contribution in [2.24, 2.45) is 5.41 Å². The number of carbonyl (C=O) groups is 2. The SMILES string of the molecule is CCn1cc(CNC(=O)Cc2c3c(n(C(C)C)c2C)CC(C)(C)CC3=O)cn1. The van der Waals surface area contributed by atoms with Gasteiger partial charge in [0, 0.05) is 54.3 Å². The van der Waals surface area contributed by atoms with Gasteiger partial charge < -0.3 is 9.88 Å². The molecule has 1 aliphatic carbocycles. The number of nitrogens with zero attached hydrogens (tertiary/aromatic N) is 3. The minimum Gasteiger partial charge on any atom is -0.352 e. The van der Waals surface area contributed by atoms with Crippen LogP contribution in [0.2, 0.25) is 0 Å². The molecular weight excluding hydrogens is 352 g/mol. The van der Waals surface area contributed by atoms with E-state index < -0.39 is 0 Å². The van der Waals surface area contributed by atoms with Crippen LogP contribution in [0.15, 0.2) is 12.4 Å². The maximum absolute atomic E-state index is 13.0. The quantitative estimate of drug-likeness (QED) is 0.827. The van der Waals surface area contributed by atoms with Gasteiger partial charge in [0.1, 0.15) is 0 Å². The molecule has 1 N–H and O–H groups in total. The van der Waals surface area contributed by atoms with E-state index in [0.717, 1.165) is 41.0 Å². The van der Waals surface area contributed by atoms with Gasteiger partial charge >= 0.3 is 0 Å². The number of aryl methyl sites for hydroxylation is 1. The summed E-state index contributed by atoms with van der Waals surface area (Å²) in [6, 6.07) is 0.257. The van der Waals surface area contributed by atoms with Crippen LogP contribution in [0.4, 0.5) is 0 Å². The monoisotopic (exact) mass is 384 g/mol. The Morgan fingerprint density at radius 1 is 1.32 bits per heavy atom. The number of Topliss-reactive ketones (excluding diaryl/α,β-unsaturated/α-hetero) is 1. The summed E-state index contributed by atoms with van der Waals surface area (Å²) in [6.07, 6.45) is 5.35. The molecule has 2 aromatic rings. The molecule has 2 heterocycles. The summed E-state index contributed by atoms with van der Waals surface area (Å²) in [5.74, 6) is 0.106. The van der Waals surface area contributed by atoms with E-state index in [9.17, 15) is 9.59 Å². The molecule has 0 saturated heterocycles. The zero-order chi connectivity index (χ0) is 20.6. The molecule has 0 radical (unpaired) electrons. The number of fused-ring (bicyclic) bond motifs is 1. The topological polar surface area (TPSA) is 68.9 Å². The first-order chi connectivity index (χ1) is 13.1. The highest BCUT2D eigenvalue weighted by Crippen LogP contribution is 2.40. The van der Waals surface area contributed by atoms with Crippen LogP contribution in [0.5, 0.6) is 0 Å². The molecule has 0 aromatic carbocycles. The van der Waals surface area contributed by atoms with Gasteiger partial charge in [0.25, 0.3) is 0 Å². The molecule has 0 saturated carbocycles. The second kappa shape index (κ2) is 7.57. The highest BCUT2D eigenvalue weighted by Gasteiger charge is 2.37. The molecule has 2 aromatic heterocycles. The average Bonchev–Trinajstić information content (AvgIpc) is 3.15. The molecule has 6 nitrogen and oxygen atoms in total. The normalized spacial score (nSPS) is 15.8. The van der Waals surface area contributed by atoms with Crippen LogP contribution in [-0.2, 0) is 30.7 Å². The van der Waals surface area contributed by atoms with Gasteiger partial charge in [-0.05, 0) is 45.1 Å². The van der Waals surface area contributed by atoms with Crippen molar-refractivity contribution in [1.82, 2.24) is 19.7 Å². The van der Waals surface area contributed by atoms with Gasteiger partial charge in [0.2, 0.25) is 5.91 Å². The number of amides is 1. The number of hydrogen-bond acceptors (Lipinski definition) is 3. The van der Waals surface area contributed by atoms with Gasteiger partial charge in [-0.1, -0.05) is 13.8 Å². The van der Waals surface area contributed by atoms with Gasteiger partial charge in [-0.25, -0.2) is 0 Å². The number of nitrogens with one attached hydrogen (secondary N) is 1. The van der Waals surface area contributed by atoms with Crippen molar-refractivity contribution in [3.8, 4) is 0 Å². The summed E-state index contributed by atoms with van der Waals surface area (Å²) >= 11 is 0. The van der Waals surface area contributed by atoms with Crippen molar-refractivity contribution in [2.45, 2.75) is 79.9 Å². The molecule has 1 aliphatic rings. The largest absolute Gasteiger partial charge is 0.352 e. The molecule has 152 valence electrons. The Balaban J connectivity index is 1.83. The summed E-state index contributed by atoms with van der Waals surface area (Å²) < 4.78 is 4.09. The highest BCUT2D eigenvalue weighted by molar-refractivity contribution is 6.01. The van der Waals surface area contributed by atoms with Crippen LogP contribution in [0.25, 0.3) is 0 Å². The van der Waals surface area contributed by atoms with Gasteiger partial charge in [-0.2, -0.15) is 5.10 Å². The Bertz CT molecular complexity index is 902. The van der Waals surface area contributed by atoms with Crippen molar-refractivity contribution in [3.63, 3.8) is 0 Å². The van der Waals surface area contributed by atoms with Gasteiger partial charge in [-0.15, -0.1) is 0 Å². The van der Waals surface area contributed by atoms with E-state index in [2.05, 4.69) is 42.7 Å².